The number of hydrogen-bond donors (Lipinski definition) is 0. The third-order valence-corrected chi connectivity index (χ3v) is 0.634. The molecule has 0 spiro atoms. The minimum Gasteiger partial charge on any atom is -0.698 e. The Labute approximate surface area is 110 Å². The molecule has 0 aromatic rings. The van der Waals surface area contributed by atoms with Gasteiger partial charge in [0.05, 0.1) is 0 Å². The second-order valence-corrected chi connectivity index (χ2v) is 1.58. The van der Waals surface area contributed by atoms with Gasteiger partial charge in [-0.2, -0.15) is 0 Å². The van der Waals surface area contributed by atoms with Gasteiger partial charge in [0.25, 0.3) is 0 Å². The number of Topliss-reactive ketones (excluding diaryl/α,β-unsaturated/α-hetero) is 1. The van der Waals surface area contributed by atoms with Crippen molar-refractivity contribution in [3.05, 3.63) is 5.73 Å². The van der Waals surface area contributed by atoms with E-state index >= 15 is 0 Å². The fourth-order valence-corrected chi connectivity index (χ4v) is 0.329. The summed E-state index contributed by atoms with van der Waals surface area (Å²) in [6, 6.07) is -0.979. The van der Waals surface area contributed by atoms with Gasteiger partial charge in [0.15, 0.2) is 0 Å². The number of rotatable bonds is 3. The average Bonchev–Trinajstić information content (AvgIpc) is 1.65. The van der Waals surface area contributed by atoms with Crippen LogP contribution in [-0.4, -0.2) is 18.1 Å². The number of carbonyl (C=O) groups is 1. The molecule has 1 atom stereocenters. The summed E-state index contributed by atoms with van der Waals surface area (Å²) in [5.41, 5.74) is 6.71. The van der Waals surface area contributed by atoms with Crippen molar-refractivity contribution in [1.82, 2.24) is 0 Å². The first-order chi connectivity index (χ1) is 3.66. The molecular formula is C5H7NO2Pa2-2. The van der Waals surface area contributed by atoms with Crippen LogP contribution in [0.25, 0.3) is 5.73 Å². The fraction of sp³-hybridized carbons (Fsp3) is 0.600. The van der Waals surface area contributed by atoms with Crippen LogP contribution in [0.3, 0.4) is 0 Å². The Bertz CT molecular complexity index is 108. The first-order valence-electron chi connectivity index (χ1n) is 2.25. The van der Waals surface area contributed by atoms with Crippen LogP contribution >= 0.6 is 0 Å². The Hall–Kier alpha value is 1.48. The van der Waals surface area contributed by atoms with Gasteiger partial charge < -0.3 is 15.3 Å². The first kappa shape index (κ1) is 17.5. The van der Waals surface area contributed by atoms with Gasteiger partial charge in [0.2, 0.25) is 0 Å². The zero-order valence-electron chi connectivity index (χ0n) is 5.76. The van der Waals surface area contributed by atoms with Crippen LogP contribution in [0.2, 0.25) is 0 Å². The number of ketones is 1. The van der Waals surface area contributed by atoms with E-state index in [1.54, 1.807) is 0 Å². The van der Waals surface area contributed by atoms with Crippen molar-refractivity contribution in [2.45, 2.75) is 19.4 Å². The molecule has 0 amide bonds. The smallest absolute Gasteiger partial charge is 0.126 e. The van der Waals surface area contributed by atoms with Crippen LogP contribution in [0.1, 0.15) is 13.3 Å². The SMILES string of the molecule is CC(=O)CC([NH-])[C-]=O.[Pa].[Pa]. The van der Waals surface area contributed by atoms with Crippen LogP contribution in [0.5, 0.6) is 0 Å². The van der Waals surface area contributed by atoms with Gasteiger partial charge in [-0.05, 0) is 13.3 Å². The van der Waals surface area contributed by atoms with E-state index < -0.39 is 6.04 Å². The van der Waals surface area contributed by atoms with Gasteiger partial charge in [-0.25, -0.2) is 6.04 Å². The molecule has 0 saturated heterocycles. The Kier molecular flexibility index (Phi) is 18.4. The predicted octanol–water partition coefficient (Wildman–Crippen LogP) is 0.496. The van der Waals surface area contributed by atoms with E-state index in [0.717, 1.165) is 0 Å². The Morgan fingerprint density at radius 1 is 1.60 bits per heavy atom. The molecule has 0 aliphatic carbocycles. The van der Waals surface area contributed by atoms with Crippen LogP contribution < -0.4 is 0 Å². The summed E-state index contributed by atoms with van der Waals surface area (Å²) in [6.07, 6.45) is 1.38. The summed E-state index contributed by atoms with van der Waals surface area (Å²) in [6.45, 7) is 1.35. The molecule has 52 valence electrons. The maximum Gasteiger partial charge on any atom is 0.126 e. The third-order valence-electron chi connectivity index (χ3n) is 0.634. The molecular weight excluding hydrogens is 568 g/mol. The molecule has 2 radical (unpaired) electrons. The Balaban J connectivity index is -0.000000245. The molecule has 0 rings (SSSR count). The molecule has 0 aliphatic rings. The molecule has 0 bridgehead atoms. The van der Waals surface area contributed by atoms with Crippen molar-refractivity contribution in [2.24, 2.45) is 0 Å². The van der Waals surface area contributed by atoms with E-state index in [-0.39, 0.29) is 76.8 Å². The molecule has 10 heavy (non-hydrogen) atoms. The quantitative estimate of drug-likeness (QED) is 0.461. The van der Waals surface area contributed by atoms with Crippen LogP contribution in [0.4, 0.5) is 0 Å². The normalized spacial score (nSPS) is 10.2. The number of carbonyl (C=O) groups excluding carboxylic acids is 2. The van der Waals surface area contributed by atoms with Crippen LogP contribution in [-0.2, 0) is 9.59 Å². The summed E-state index contributed by atoms with van der Waals surface area (Å²) in [4.78, 5) is 19.7. The van der Waals surface area contributed by atoms with Crippen molar-refractivity contribution in [3.8, 4) is 0 Å². The van der Waals surface area contributed by atoms with Gasteiger partial charge in [-0.3, -0.25) is 6.29 Å². The van der Waals surface area contributed by atoms with Gasteiger partial charge in [-0.15, -0.1) is 0 Å². The van der Waals surface area contributed by atoms with Crippen molar-refractivity contribution < 1.29 is 74.2 Å². The molecule has 1 N–H and O–H groups in total. The minimum absolute atomic E-state index is 0. The summed E-state index contributed by atoms with van der Waals surface area (Å²) in [5, 5.41) is 0. The molecule has 0 aromatic heterocycles. The molecule has 0 fully saturated rings. The van der Waals surface area contributed by atoms with E-state index in [0.29, 0.717) is 0 Å². The predicted molar refractivity (Wildman–Crippen MR) is 29.1 cm³/mol. The third kappa shape index (κ3) is 12.2. The summed E-state index contributed by atoms with van der Waals surface area (Å²) < 4.78 is 0. The maximum atomic E-state index is 10.1. The Morgan fingerprint density at radius 2 is 2.00 bits per heavy atom. The maximum absolute atomic E-state index is 10.1. The second-order valence-electron chi connectivity index (χ2n) is 1.58. The Morgan fingerprint density at radius 3 is 2.10 bits per heavy atom. The van der Waals surface area contributed by atoms with E-state index in [2.05, 4.69) is 0 Å². The summed E-state index contributed by atoms with van der Waals surface area (Å²) >= 11 is 0. The second kappa shape index (κ2) is 10.5. The molecule has 0 aliphatic heterocycles. The molecule has 1 unspecified atom stereocenters. The van der Waals surface area contributed by atoms with Crippen molar-refractivity contribution in [2.75, 3.05) is 0 Å². The fourth-order valence-electron chi connectivity index (χ4n) is 0.329. The van der Waals surface area contributed by atoms with Crippen molar-refractivity contribution in [3.63, 3.8) is 0 Å². The monoisotopic (exact) mass is 575 g/mol. The summed E-state index contributed by atoms with van der Waals surface area (Å²) in [5.74, 6) is -0.145. The van der Waals surface area contributed by atoms with Crippen molar-refractivity contribution in [1.29, 1.82) is 0 Å². The first-order valence-corrected chi connectivity index (χ1v) is 2.25. The zero-order chi connectivity index (χ0) is 6.57. The van der Waals surface area contributed by atoms with Gasteiger partial charge >= 0.3 is 0 Å². The topological polar surface area (TPSA) is 57.9 Å². The standard InChI is InChI=1S/C5H7NO2.2Pa/c1-4(8)2-5(6)3-7;;/h5-6H,2H2,1H3;;/q-2;;. The number of hydrogen-bond acceptors (Lipinski definition) is 2. The largest absolute Gasteiger partial charge is 0.698 e. The van der Waals surface area contributed by atoms with Gasteiger partial charge in [-0.1, -0.05) is 0 Å². The number of nitrogens with one attached hydrogen (secondary N) is 1. The van der Waals surface area contributed by atoms with Gasteiger partial charge in [0.1, 0.15) is 5.78 Å². The van der Waals surface area contributed by atoms with Gasteiger partial charge in [0, 0.05) is 64.6 Å². The molecule has 3 nitrogen and oxygen atoms in total. The van der Waals surface area contributed by atoms with E-state index in [1.165, 1.54) is 13.2 Å². The van der Waals surface area contributed by atoms with E-state index in [4.69, 9.17) is 5.73 Å². The molecule has 5 heteroatoms. The minimum atomic E-state index is -0.979. The average molecular weight is 575 g/mol. The molecule has 0 saturated carbocycles. The van der Waals surface area contributed by atoms with Crippen LogP contribution in [0, 0.1) is 64.6 Å². The molecule has 0 aromatic carbocycles. The van der Waals surface area contributed by atoms with Crippen molar-refractivity contribution >= 4 is 12.1 Å². The van der Waals surface area contributed by atoms with Crippen LogP contribution in [0.15, 0.2) is 0 Å². The zero-order valence-corrected chi connectivity index (χ0v) is 15.4. The van der Waals surface area contributed by atoms with E-state index in [9.17, 15) is 9.59 Å². The molecule has 0 heterocycles. The summed E-state index contributed by atoms with van der Waals surface area (Å²) in [7, 11) is 0. The van der Waals surface area contributed by atoms with E-state index in [1.807, 2.05) is 0 Å².